The van der Waals surface area contributed by atoms with Crippen molar-refractivity contribution in [3.05, 3.63) is 95.1 Å². The Hall–Kier alpha value is -3.17. The smallest absolute Gasteiger partial charge is 0.326 e. The number of likely N-dealkylation sites (tertiary alicyclic amines) is 1. The molecule has 7 nitrogen and oxygen atoms in total. The van der Waals surface area contributed by atoms with Crippen LogP contribution in [0.3, 0.4) is 0 Å². The fraction of sp³-hybridized carbons (Fsp3) is 0.394. The lowest BCUT2D eigenvalue weighted by Crippen LogP contribution is -2.41. The maximum atomic E-state index is 13.4. The topological polar surface area (TPSA) is 88.1 Å². The number of aliphatic carboxylic acids is 1. The van der Waals surface area contributed by atoms with Crippen molar-refractivity contribution in [3.8, 4) is 11.1 Å². The van der Waals surface area contributed by atoms with E-state index in [-0.39, 0.29) is 18.1 Å². The molecule has 0 spiro atoms. The summed E-state index contributed by atoms with van der Waals surface area (Å²) in [5.41, 5.74) is 5.49. The zero-order valence-corrected chi connectivity index (χ0v) is 24.9. The third-order valence-corrected chi connectivity index (χ3v) is 8.25. The van der Waals surface area contributed by atoms with Crippen LogP contribution in [0.15, 0.2) is 72.8 Å². The molecule has 0 unspecified atom stereocenters. The lowest BCUT2D eigenvalue weighted by molar-refractivity contribution is -0.139. The largest absolute Gasteiger partial charge is 0.480 e. The summed E-state index contributed by atoms with van der Waals surface area (Å²) in [5.74, 6) is -0.755. The van der Waals surface area contributed by atoms with Gasteiger partial charge in [0.2, 0.25) is 0 Å². The Morgan fingerprint density at radius 3 is 2.51 bits per heavy atom. The van der Waals surface area contributed by atoms with Crippen molar-refractivity contribution in [1.82, 2.24) is 10.2 Å². The van der Waals surface area contributed by atoms with Crippen LogP contribution in [0, 0.1) is 6.92 Å². The molecule has 1 fully saturated rings. The summed E-state index contributed by atoms with van der Waals surface area (Å²) < 4.78 is 11.8. The number of carboxylic acids is 1. The van der Waals surface area contributed by atoms with Crippen LogP contribution < -0.4 is 5.32 Å². The fourth-order valence-electron chi connectivity index (χ4n) is 5.31. The maximum Gasteiger partial charge on any atom is 0.326 e. The molecular formula is C33H40N2O5S. The molecule has 1 heterocycles. The number of carbonyl (C=O) groups is 2. The predicted molar refractivity (Wildman–Crippen MR) is 164 cm³/mol. The van der Waals surface area contributed by atoms with Crippen molar-refractivity contribution in [2.45, 2.75) is 51.1 Å². The molecule has 3 aromatic carbocycles. The van der Waals surface area contributed by atoms with Crippen LogP contribution in [0.5, 0.6) is 0 Å². The molecule has 3 aromatic rings. The highest BCUT2D eigenvalue weighted by molar-refractivity contribution is 7.98. The highest BCUT2D eigenvalue weighted by Gasteiger charge is 2.32. The van der Waals surface area contributed by atoms with Crippen LogP contribution in [0.25, 0.3) is 11.1 Å². The van der Waals surface area contributed by atoms with Gasteiger partial charge in [-0.15, -0.1) is 0 Å². The maximum absolute atomic E-state index is 13.4. The Morgan fingerprint density at radius 1 is 1.05 bits per heavy atom. The zero-order chi connectivity index (χ0) is 29.2. The number of carbonyl (C=O) groups excluding carboxylic acids is 1. The molecule has 3 atom stereocenters. The first-order valence-corrected chi connectivity index (χ1v) is 15.4. The minimum absolute atomic E-state index is 0.135. The van der Waals surface area contributed by atoms with Crippen molar-refractivity contribution < 1.29 is 24.2 Å². The quantitative estimate of drug-likeness (QED) is 0.266. The lowest BCUT2D eigenvalue weighted by atomic mass is 9.93. The van der Waals surface area contributed by atoms with Gasteiger partial charge in [-0.3, -0.25) is 9.69 Å². The van der Waals surface area contributed by atoms with Gasteiger partial charge < -0.3 is 19.9 Å². The summed E-state index contributed by atoms with van der Waals surface area (Å²) in [6.45, 7) is 4.68. The standard InChI is InChI=1S/C33H40N2O5S/c1-23-9-7-8-12-28(23)30-17-25(13-14-29(30)32(36)34-31(33(37)38)15-16-41-3)19-35-20-27(39-2)18-26(35)22-40-21-24-10-5-4-6-11-24/h4-14,17,26-27,31H,15-16,18-22H2,1-3H3,(H,34,36)(H,37,38)/t26-,27+,31-/m0/s1. The monoisotopic (exact) mass is 576 g/mol. The first kappa shape index (κ1) is 30.8. The van der Waals surface area contributed by atoms with Gasteiger partial charge >= 0.3 is 5.97 Å². The third kappa shape index (κ3) is 8.42. The van der Waals surface area contributed by atoms with E-state index in [1.165, 1.54) is 0 Å². The number of amides is 1. The number of methoxy groups -OCH3 is 1. The van der Waals surface area contributed by atoms with Gasteiger partial charge in [0.05, 0.1) is 19.3 Å². The van der Waals surface area contributed by atoms with E-state index < -0.39 is 12.0 Å². The number of aryl methyl sites for hydroxylation is 1. The summed E-state index contributed by atoms with van der Waals surface area (Å²) in [6.07, 6.45) is 3.31. The van der Waals surface area contributed by atoms with Crippen molar-refractivity contribution in [1.29, 1.82) is 0 Å². The summed E-state index contributed by atoms with van der Waals surface area (Å²) >= 11 is 1.56. The average molecular weight is 577 g/mol. The Balaban J connectivity index is 1.55. The van der Waals surface area contributed by atoms with Gasteiger partial charge in [0, 0.05) is 31.8 Å². The minimum atomic E-state index is -1.02. The minimum Gasteiger partial charge on any atom is -0.480 e. The van der Waals surface area contributed by atoms with E-state index in [1.807, 2.05) is 67.8 Å². The molecule has 1 amide bonds. The Morgan fingerprint density at radius 2 is 1.80 bits per heavy atom. The Kier molecular flexibility index (Phi) is 11.4. The van der Waals surface area contributed by atoms with Crippen LogP contribution in [0.4, 0.5) is 0 Å². The van der Waals surface area contributed by atoms with E-state index in [1.54, 1.807) is 18.9 Å². The molecule has 0 saturated carbocycles. The van der Waals surface area contributed by atoms with Crippen LogP contribution in [0.2, 0.25) is 0 Å². The first-order chi connectivity index (χ1) is 19.9. The lowest BCUT2D eigenvalue weighted by Gasteiger charge is -2.25. The molecule has 1 saturated heterocycles. The molecule has 4 rings (SSSR count). The summed E-state index contributed by atoms with van der Waals surface area (Å²) in [7, 11) is 1.75. The summed E-state index contributed by atoms with van der Waals surface area (Å²) in [5, 5.41) is 12.4. The highest BCUT2D eigenvalue weighted by Crippen LogP contribution is 2.30. The number of thioether (sulfide) groups is 1. The van der Waals surface area contributed by atoms with Gasteiger partial charge in [-0.1, -0.05) is 60.7 Å². The molecule has 41 heavy (non-hydrogen) atoms. The Labute approximate surface area is 247 Å². The van der Waals surface area contributed by atoms with Crippen molar-refractivity contribution >= 4 is 23.6 Å². The molecule has 1 aliphatic rings. The summed E-state index contributed by atoms with van der Waals surface area (Å²) in [6, 6.07) is 23.3. The predicted octanol–water partition coefficient (Wildman–Crippen LogP) is 5.40. The zero-order valence-electron chi connectivity index (χ0n) is 24.0. The molecular weight excluding hydrogens is 536 g/mol. The molecule has 0 bridgehead atoms. The number of carboxylic acid groups (broad SMARTS) is 1. The molecule has 0 aliphatic carbocycles. The van der Waals surface area contributed by atoms with Crippen LogP contribution >= 0.6 is 11.8 Å². The van der Waals surface area contributed by atoms with Gasteiger partial charge in [0.25, 0.3) is 5.91 Å². The van der Waals surface area contributed by atoms with Gasteiger partial charge in [-0.05, 0) is 71.7 Å². The van der Waals surface area contributed by atoms with E-state index in [0.29, 0.717) is 37.5 Å². The number of rotatable bonds is 14. The van der Waals surface area contributed by atoms with Gasteiger partial charge in [0.15, 0.2) is 0 Å². The third-order valence-electron chi connectivity index (χ3n) is 7.61. The van der Waals surface area contributed by atoms with E-state index in [0.717, 1.165) is 40.8 Å². The molecule has 2 N–H and O–H groups in total. The average Bonchev–Trinajstić information content (AvgIpc) is 3.37. The molecule has 0 aromatic heterocycles. The van der Waals surface area contributed by atoms with Crippen molar-refractivity contribution in [2.75, 3.05) is 32.3 Å². The molecule has 8 heteroatoms. The van der Waals surface area contributed by atoms with Gasteiger partial charge in [0.1, 0.15) is 6.04 Å². The fourth-order valence-corrected chi connectivity index (χ4v) is 5.78. The number of hydrogen-bond donors (Lipinski definition) is 2. The van der Waals surface area contributed by atoms with Gasteiger partial charge in [-0.25, -0.2) is 4.79 Å². The first-order valence-electron chi connectivity index (χ1n) is 14.0. The van der Waals surface area contributed by atoms with Crippen molar-refractivity contribution in [2.24, 2.45) is 0 Å². The SMILES string of the molecule is CO[C@@H]1C[C@@H](COCc2ccccc2)N(Cc2ccc(C(=O)N[C@@H](CCSC)C(=O)O)c(-c3ccccc3C)c2)C1. The second-order valence-corrected chi connectivity index (χ2v) is 11.5. The van der Waals surface area contributed by atoms with E-state index >= 15 is 0 Å². The second kappa shape index (κ2) is 15.2. The number of hydrogen-bond acceptors (Lipinski definition) is 6. The number of nitrogens with one attached hydrogen (secondary N) is 1. The van der Waals surface area contributed by atoms with Crippen molar-refractivity contribution in [3.63, 3.8) is 0 Å². The second-order valence-electron chi connectivity index (χ2n) is 10.5. The normalized spacial score (nSPS) is 17.8. The van der Waals surface area contributed by atoms with E-state index in [2.05, 4.69) is 28.4 Å². The van der Waals surface area contributed by atoms with Crippen LogP contribution in [-0.2, 0) is 27.4 Å². The number of nitrogens with zero attached hydrogens (tertiary/aromatic N) is 1. The summed E-state index contributed by atoms with van der Waals surface area (Å²) in [4.78, 5) is 27.6. The molecule has 0 radical (unpaired) electrons. The van der Waals surface area contributed by atoms with Crippen LogP contribution in [-0.4, -0.2) is 72.3 Å². The highest BCUT2D eigenvalue weighted by atomic mass is 32.2. The van der Waals surface area contributed by atoms with E-state index in [9.17, 15) is 14.7 Å². The molecule has 1 aliphatic heterocycles. The number of ether oxygens (including phenoxy) is 2. The number of benzene rings is 3. The van der Waals surface area contributed by atoms with Gasteiger partial charge in [-0.2, -0.15) is 11.8 Å². The van der Waals surface area contributed by atoms with E-state index in [4.69, 9.17) is 9.47 Å². The van der Waals surface area contributed by atoms with Crippen LogP contribution in [0.1, 0.15) is 39.9 Å². The molecule has 218 valence electrons. The Bertz CT molecular complexity index is 1300.